The normalized spacial score (nSPS) is 21.5. The van der Waals surface area contributed by atoms with Crippen LogP contribution in [0.3, 0.4) is 0 Å². The lowest BCUT2D eigenvalue weighted by Gasteiger charge is -2.19. The van der Waals surface area contributed by atoms with Gasteiger partial charge in [-0.3, -0.25) is 19.3 Å². The molecule has 154 valence electrons. The number of nitrogens with one attached hydrogen (secondary N) is 1. The quantitative estimate of drug-likeness (QED) is 0.477. The van der Waals surface area contributed by atoms with E-state index in [0.717, 1.165) is 31.2 Å². The third-order valence-electron chi connectivity index (χ3n) is 5.82. The van der Waals surface area contributed by atoms with Gasteiger partial charge in [-0.05, 0) is 61.7 Å². The summed E-state index contributed by atoms with van der Waals surface area (Å²) in [5.41, 5.74) is 4.61. The molecule has 7 heteroatoms. The average molecular weight is 407 g/mol. The summed E-state index contributed by atoms with van der Waals surface area (Å²) in [6, 6.07) is 12.2. The molecule has 1 saturated heterocycles. The average Bonchev–Trinajstić information content (AvgIpc) is 3.03. The molecule has 0 unspecified atom stereocenters. The molecule has 0 radical (unpaired) electrons. The van der Waals surface area contributed by atoms with Crippen LogP contribution in [0.1, 0.15) is 48.5 Å². The number of anilines is 1. The maximum atomic E-state index is 13.0. The van der Waals surface area contributed by atoms with E-state index >= 15 is 0 Å². The van der Waals surface area contributed by atoms with Gasteiger partial charge in [0, 0.05) is 5.56 Å². The number of hydrogen-bond acceptors (Lipinski definition) is 4. The Morgan fingerprint density at radius 3 is 2.03 bits per heavy atom. The standard InChI is InChI=1S/C23H22FN3O3/c1-14(25-26-21(28)16-6-10-17(24)11-7-16)15-8-12-18(13-9-15)27-22(29)19-4-2-3-5-20(19)23(27)30/h6-13,19-20H,2-5H2,1H3,(H,26,28)/b25-14-/t19-,20-/m1/s1. The lowest BCUT2D eigenvalue weighted by Crippen LogP contribution is -2.30. The molecule has 1 aliphatic carbocycles. The lowest BCUT2D eigenvalue weighted by molar-refractivity contribution is -0.122. The molecule has 3 amide bonds. The second kappa shape index (κ2) is 8.18. The molecule has 6 nitrogen and oxygen atoms in total. The molecule has 0 bridgehead atoms. The van der Waals surface area contributed by atoms with Crippen LogP contribution >= 0.6 is 0 Å². The SMILES string of the molecule is C/C(=N/NC(=O)c1ccc(F)cc1)c1ccc(N2C(=O)[C@@H]3CCCC[C@H]3C2=O)cc1. The Kier molecular flexibility index (Phi) is 5.44. The van der Waals surface area contributed by atoms with Crippen molar-refractivity contribution in [1.29, 1.82) is 0 Å². The Balaban J connectivity index is 1.46. The van der Waals surface area contributed by atoms with E-state index in [1.807, 2.05) is 0 Å². The van der Waals surface area contributed by atoms with Gasteiger partial charge in [0.2, 0.25) is 11.8 Å². The number of benzene rings is 2. The van der Waals surface area contributed by atoms with Crippen molar-refractivity contribution >= 4 is 29.1 Å². The van der Waals surface area contributed by atoms with Gasteiger partial charge in [0.1, 0.15) is 5.82 Å². The number of halogens is 1. The number of rotatable bonds is 4. The van der Waals surface area contributed by atoms with Gasteiger partial charge in [-0.2, -0.15) is 5.10 Å². The highest BCUT2D eigenvalue weighted by atomic mass is 19.1. The van der Waals surface area contributed by atoms with E-state index in [1.165, 1.54) is 29.2 Å². The fourth-order valence-corrected chi connectivity index (χ4v) is 4.13. The lowest BCUT2D eigenvalue weighted by atomic mass is 9.81. The van der Waals surface area contributed by atoms with Crippen molar-refractivity contribution in [3.63, 3.8) is 0 Å². The fraction of sp³-hybridized carbons (Fsp3) is 0.304. The second-order valence-electron chi connectivity index (χ2n) is 7.70. The summed E-state index contributed by atoms with van der Waals surface area (Å²) in [5.74, 6) is -1.43. The number of fused-ring (bicyclic) bond motifs is 1. The van der Waals surface area contributed by atoms with Crippen molar-refractivity contribution in [2.75, 3.05) is 4.90 Å². The van der Waals surface area contributed by atoms with Crippen LogP contribution in [0.15, 0.2) is 53.6 Å². The fourth-order valence-electron chi connectivity index (χ4n) is 4.13. The van der Waals surface area contributed by atoms with Crippen LogP contribution in [-0.2, 0) is 9.59 Å². The summed E-state index contributed by atoms with van der Waals surface area (Å²) in [5, 5.41) is 4.09. The van der Waals surface area contributed by atoms with Gasteiger partial charge in [-0.15, -0.1) is 0 Å². The first-order chi connectivity index (χ1) is 14.5. The molecule has 30 heavy (non-hydrogen) atoms. The van der Waals surface area contributed by atoms with E-state index in [0.29, 0.717) is 17.0 Å². The Bertz CT molecular complexity index is 991. The predicted molar refractivity (Wildman–Crippen MR) is 110 cm³/mol. The molecule has 2 fully saturated rings. The summed E-state index contributed by atoms with van der Waals surface area (Å²) in [4.78, 5) is 38.8. The number of carbonyl (C=O) groups excluding carboxylic acids is 3. The summed E-state index contributed by atoms with van der Waals surface area (Å²) >= 11 is 0. The molecule has 2 atom stereocenters. The first-order valence-corrected chi connectivity index (χ1v) is 10.0. The monoisotopic (exact) mass is 407 g/mol. The number of nitrogens with zero attached hydrogens (tertiary/aromatic N) is 2. The zero-order valence-corrected chi connectivity index (χ0v) is 16.6. The van der Waals surface area contributed by atoms with E-state index < -0.39 is 11.7 Å². The van der Waals surface area contributed by atoms with Gasteiger partial charge in [-0.25, -0.2) is 9.82 Å². The molecule has 1 heterocycles. The maximum absolute atomic E-state index is 13.0. The molecule has 1 N–H and O–H groups in total. The molecule has 0 spiro atoms. The number of amides is 3. The van der Waals surface area contributed by atoms with Crippen LogP contribution in [0.2, 0.25) is 0 Å². The molecule has 0 aromatic heterocycles. The second-order valence-corrected chi connectivity index (χ2v) is 7.70. The highest BCUT2D eigenvalue weighted by molar-refractivity contribution is 6.22. The topological polar surface area (TPSA) is 78.8 Å². The summed E-state index contributed by atoms with van der Waals surface area (Å²) in [7, 11) is 0. The third-order valence-corrected chi connectivity index (χ3v) is 5.82. The van der Waals surface area contributed by atoms with Crippen LogP contribution in [0.25, 0.3) is 0 Å². The van der Waals surface area contributed by atoms with Crippen LogP contribution in [0.4, 0.5) is 10.1 Å². The summed E-state index contributed by atoms with van der Waals surface area (Å²) in [6.07, 6.45) is 3.55. The van der Waals surface area contributed by atoms with Crippen LogP contribution in [0, 0.1) is 17.7 Å². The first-order valence-electron chi connectivity index (χ1n) is 10.0. The largest absolute Gasteiger partial charge is 0.274 e. The molecular formula is C23H22FN3O3. The third kappa shape index (κ3) is 3.75. The molecule has 2 aromatic rings. The highest BCUT2D eigenvalue weighted by Crippen LogP contribution is 2.40. The molecule has 1 aliphatic heterocycles. The molecule has 1 saturated carbocycles. The smallest absolute Gasteiger partial charge is 0.271 e. The number of carbonyl (C=O) groups is 3. The van der Waals surface area contributed by atoms with E-state index in [-0.39, 0.29) is 23.7 Å². The van der Waals surface area contributed by atoms with Crippen molar-refractivity contribution in [3.8, 4) is 0 Å². The van der Waals surface area contributed by atoms with Crippen molar-refractivity contribution < 1.29 is 18.8 Å². The van der Waals surface area contributed by atoms with E-state index in [4.69, 9.17) is 0 Å². The zero-order valence-electron chi connectivity index (χ0n) is 16.6. The minimum atomic E-state index is -0.443. The van der Waals surface area contributed by atoms with Gasteiger partial charge in [0.05, 0.1) is 23.2 Å². The van der Waals surface area contributed by atoms with Crippen LogP contribution in [0.5, 0.6) is 0 Å². The Labute approximate surface area is 173 Å². The van der Waals surface area contributed by atoms with Crippen molar-refractivity contribution in [2.24, 2.45) is 16.9 Å². The van der Waals surface area contributed by atoms with Gasteiger partial charge < -0.3 is 0 Å². The molecule has 4 rings (SSSR count). The van der Waals surface area contributed by atoms with E-state index in [9.17, 15) is 18.8 Å². The molecule has 2 aromatic carbocycles. The van der Waals surface area contributed by atoms with Gasteiger partial charge in [0.25, 0.3) is 5.91 Å². The molecule has 2 aliphatic rings. The first kappa shape index (κ1) is 19.9. The highest BCUT2D eigenvalue weighted by Gasteiger charge is 2.48. The van der Waals surface area contributed by atoms with Gasteiger partial charge in [0.15, 0.2) is 0 Å². The van der Waals surface area contributed by atoms with E-state index in [1.54, 1.807) is 31.2 Å². The molecular weight excluding hydrogens is 385 g/mol. The van der Waals surface area contributed by atoms with Crippen molar-refractivity contribution in [2.45, 2.75) is 32.6 Å². The van der Waals surface area contributed by atoms with Crippen molar-refractivity contribution in [1.82, 2.24) is 5.43 Å². The predicted octanol–water partition coefficient (Wildman–Crippen LogP) is 3.66. The number of hydrogen-bond donors (Lipinski definition) is 1. The minimum Gasteiger partial charge on any atom is -0.274 e. The summed E-state index contributed by atoms with van der Waals surface area (Å²) < 4.78 is 13.0. The Morgan fingerprint density at radius 2 is 1.47 bits per heavy atom. The van der Waals surface area contributed by atoms with Crippen molar-refractivity contribution in [3.05, 3.63) is 65.5 Å². The number of imide groups is 1. The minimum absolute atomic E-state index is 0.102. The van der Waals surface area contributed by atoms with Crippen LogP contribution in [-0.4, -0.2) is 23.4 Å². The van der Waals surface area contributed by atoms with E-state index in [2.05, 4.69) is 10.5 Å². The summed E-state index contributed by atoms with van der Waals surface area (Å²) in [6.45, 7) is 1.74. The Hall–Kier alpha value is -3.35. The van der Waals surface area contributed by atoms with Crippen LogP contribution < -0.4 is 10.3 Å². The Morgan fingerprint density at radius 1 is 0.933 bits per heavy atom. The maximum Gasteiger partial charge on any atom is 0.271 e. The van der Waals surface area contributed by atoms with Gasteiger partial charge >= 0.3 is 0 Å². The van der Waals surface area contributed by atoms with Gasteiger partial charge in [-0.1, -0.05) is 25.0 Å². The number of hydrazone groups is 1. The zero-order chi connectivity index (χ0) is 21.3.